The molecule has 2 aliphatic heterocycles. The second kappa shape index (κ2) is 8.99. The van der Waals surface area contributed by atoms with Gasteiger partial charge in [-0.25, -0.2) is 4.98 Å². The fourth-order valence-electron chi connectivity index (χ4n) is 3.86. The van der Waals surface area contributed by atoms with Crippen molar-refractivity contribution in [2.45, 2.75) is 18.8 Å². The van der Waals surface area contributed by atoms with Crippen LogP contribution in [0.2, 0.25) is 5.02 Å². The summed E-state index contributed by atoms with van der Waals surface area (Å²) < 4.78 is 5.32. The number of carbonyl (C=O) groups is 1. The summed E-state index contributed by atoms with van der Waals surface area (Å²) in [6.07, 6.45) is 5.63. The Labute approximate surface area is 170 Å². The first kappa shape index (κ1) is 19.3. The van der Waals surface area contributed by atoms with E-state index in [2.05, 4.69) is 9.88 Å². The van der Waals surface area contributed by atoms with E-state index >= 15 is 0 Å². The normalized spacial score (nSPS) is 19.0. The number of piperidine rings is 1. The van der Waals surface area contributed by atoms with Crippen LogP contribution in [0.5, 0.6) is 0 Å². The van der Waals surface area contributed by atoms with Crippen LogP contribution in [0.4, 0.5) is 0 Å². The Morgan fingerprint density at radius 1 is 1.14 bits per heavy atom. The van der Waals surface area contributed by atoms with Crippen LogP contribution >= 0.6 is 11.6 Å². The van der Waals surface area contributed by atoms with E-state index in [9.17, 15) is 4.79 Å². The number of amides is 1. The molecule has 0 N–H and O–H groups in total. The van der Waals surface area contributed by atoms with Crippen molar-refractivity contribution < 1.29 is 9.53 Å². The molecule has 0 saturated carbocycles. The van der Waals surface area contributed by atoms with Crippen LogP contribution in [-0.4, -0.2) is 71.6 Å². The molecule has 0 unspecified atom stereocenters. The summed E-state index contributed by atoms with van der Waals surface area (Å²) in [6, 6.07) is 7.70. The highest BCUT2D eigenvalue weighted by atomic mass is 35.5. The number of hydrogen-bond acceptors (Lipinski definition) is 5. The van der Waals surface area contributed by atoms with E-state index in [1.807, 2.05) is 35.4 Å². The van der Waals surface area contributed by atoms with Crippen LogP contribution in [0, 0.1) is 0 Å². The maximum atomic E-state index is 12.4. The molecule has 6 nitrogen and oxygen atoms in total. The quantitative estimate of drug-likeness (QED) is 0.789. The van der Waals surface area contributed by atoms with Gasteiger partial charge in [0.25, 0.3) is 0 Å². The van der Waals surface area contributed by atoms with Crippen molar-refractivity contribution in [1.82, 2.24) is 19.8 Å². The van der Waals surface area contributed by atoms with E-state index in [0.29, 0.717) is 43.8 Å². The lowest BCUT2D eigenvalue weighted by Gasteiger charge is -2.34. The van der Waals surface area contributed by atoms with E-state index in [-0.39, 0.29) is 5.91 Å². The molecular weight excluding hydrogens is 376 g/mol. The number of carbonyl (C=O) groups excluding carboxylic acids is 1. The minimum absolute atomic E-state index is 0.212. The Kier molecular flexibility index (Phi) is 6.20. The van der Waals surface area contributed by atoms with Crippen molar-refractivity contribution in [1.29, 1.82) is 0 Å². The molecule has 0 radical (unpaired) electrons. The van der Waals surface area contributed by atoms with E-state index in [0.717, 1.165) is 42.9 Å². The number of halogens is 1. The molecule has 2 saturated heterocycles. The molecule has 0 atom stereocenters. The first-order valence-corrected chi connectivity index (χ1v) is 10.2. The molecule has 7 heteroatoms. The zero-order valence-corrected chi connectivity index (χ0v) is 16.6. The third-order valence-electron chi connectivity index (χ3n) is 5.50. The van der Waals surface area contributed by atoms with Gasteiger partial charge in [0.05, 0.1) is 37.3 Å². The van der Waals surface area contributed by atoms with Crippen LogP contribution < -0.4 is 0 Å². The van der Waals surface area contributed by atoms with Gasteiger partial charge in [-0.2, -0.15) is 0 Å². The highest BCUT2D eigenvalue weighted by molar-refractivity contribution is 6.30. The minimum atomic E-state index is 0.212. The molecule has 1 aromatic heterocycles. The Morgan fingerprint density at radius 2 is 1.93 bits per heavy atom. The number of nitrogens with zero attached hydrogens (tertiary/aromatic N) is 4. The molecule has 3 heterocycles. The topological polar surface area (TPSA) is 58.6 Å². The summed E-state index contributed by atoms with van der Waals surface area (Å²) in [6.45, 7) is 5.03. The molecule has 0 spiro atoms. The van der Waals surface area contributed by atoms with Crippen molar-refractivity contribution in [3.63, 3.8) is 0 Å². The molecule has 2 aliphatic rings. The van der Waals surface area contributed by atoms with Gasteiger partial charge in [-0.3, -0.25) is 14.7 Å². The fourth-order valence-corrected chi connectivity index (χ4v) is 4.05. The standard InChI is InChI=1S/C21H25ClN4O2/c22-18-3-1-2-17(12-18)20-14-23-13-19(24-20)16-4-6-25(7-5-16)15-21(27)26-8-10-28-11-9-26/h1-3,12-14,16H,4-11,15H2. The van der Waals surface area contributed by atoms with Gasteiger partial charge in [-0.1, -0.05) is 23.7 Å². The van der Waals surface area contributed by atoms with Crippen molar-refractivity contribution in [3.05, 3.63) is 47.4 Å². The zero-order valence-electron chi connectivity index (χ0n) is 15.9. The maximum absolute atomic E-state index is 12.4. The van der Waals surface area contributed by atoms with Gasteiger partial charge in [0.2, 0.25) is 5.91 Å². The smallest absolute Gasteiger partial charge is 0.236 e. The Balaban J connectivity index is 1.35. The molecule has 0 aliphatic carbocycles. The van der Waals surface area contributed by atoms with Crippen molar-refractivity contribution in [3.8, 4) is 11.3 Å². The van der Waals surface area contributed by atoms with Gasteiger partial charge >= 0.3 is 0 Å². The number of morpholine rings is 1. The predicted molar refractivity (Wildman–Crippen MR) is 108 cm³/mol. The first-order chi connectivity index (χ1) is 13.7. The maximum Gasteiger partial charge on any atom is 0.236 e. The number of benzene rings is 1. The molecule has 1 amide bonds. The largest absolute Gasteiger partial charge is 0.378 e. The lowest BCUT2D eigenvalue weighted by atomic mass is 9.93. The summed E-state index contributed by atoms with van der Waals surface area (Å²) in [7, 11) is 0. The van der Waals surface area contributed by atoms with Crippen LogP contribution in [-0.2, 0) is 9.53 Å². The molecule has 4 rings (SSSR count). The number of hydrogen-bond donors (Lipinski definition) is 0. The molecule has 28 heavy (non-hydrogen) atoms. The summed E-state index contributed by atoms with van der Waals surface area (Å²) in [5, 5.41) is 0.697. The lowest BCUT2D eigenvalue weighted by Crippen LogP contribution is -2.47. The number of rotatable bonds is 4. The molecular formula is C21H25ClN4O2. The Bertz CT molecular complexity index is 818. The second-order valence-corrected chi connectivity index (χ2v) is 7.82. The summed E-state index contributed by atoms with van der Waals surface area (Å²) in [4.78, 5) is 25.8. The molecule has 2 aromatic rings. The van der Waals surface area contributed by atoms with Gasteiger partial charge in [0.15, 0.2) is 0 Å². The number of likely N-dealkylation sites (tertiary alicyclic amines) is 1. The van der Waals surface area contributed by atoms with Gasteiger partial charge in [0, 0.05) is 35.8 Å². The third-order valence-corrected chi connectivity index (χ3v) is 5.74. The van der Waals surface area contributed by atoms with Crippen molar-refractivity contribution in [2.75, 3.05) is 45.9 Å². The zero-order chi connectivity index (χ0) is 19.3. The molecule has 148 valence electrons. The monoisotopic (exact) mass is 400 g/mol. The SMILES string of the molecule is O=C(CN1CCC(c2cncc(-c3cccc(Cl)c3)n2)CC1)N1CCOCC1. The highest BCUT2D eigenvalue weighted by Gasteiger charge is 2.25. The average molecular weight is 401 g/mol. The fraction of sp³-hybridized carbons (Fsp3) is 0.476. The first-order valence-electron chi connectivity index (χ1n) is 9.85. The highest BCUT2D eigenvalue weighted by Crippen LogP contribution is 2.28. The summed E-state index contributed by atoms with van der Waals surface area (Å²) in [5.74, 6) is 0.589. The summed E-state index contributed by atoms with van der Waals surface area (Å²) >= 11 is 6.11. The molecule has 2 fully saturated rings. The minimum Gasteiger partial charge on any atom is -0.378 e. The van der Waals surface area contributed by atoms with Crippen LogP contribution in [0.15, 0.2) is 36.7 Å². The number of ether oxygens (including phenoxy) is 1. The molecule has 0 bridgehead atoms. The van der Waals surface area contributed by atoms with Crippen molar-refractivity contribution >= 4 is 17.5 Å². The van der Waals surface area contributed by atoms with Gasteiger partial charge < -0.3 is 9.64 Å². The lowest BCUT2D eigenvalue weighted by molar-refractivity contribution is -0.136. The number of aromatic nitrogens is 2. The van der Waals surface area contributed by atoms with E-state index in [1.54, 1.807) is 6.20 Å². The van der Waals surface area contributed by atoms with E-state index in [4.69, 9.17) is 21.3 Å². The van der Waals surface area contributed by atoms with Gasteiger partial charge in [-0.05, 0) is 38.1 Å². The predicted octanol–water partition coefficient (Wildman–Crippen LogP) is 2.84. The second-order valence-electron chi connectivity index (χ2n) is 7.38. The van der Waals surface area contributed by atoms with Crippen molar-refractivity contribution in [2.24, 2.45) is 0 Å². The van der Waals surface area contributed by atoms with E-state index in [1.165, 1.54) is 0 Å². The Morgan fingerprint density at radius 3 is 2.68 bits per heavy atom. The third kappa shape index (κ3) is 4.69. The van der Waals surface area contributed by atoms with Crippen LogP contribution in [0.3, 0.4) is 0 Å². The van der Waals surface area contributed by atoms with Crippen LogP contribution in [0.25, 0.3) is 11.3 Å². The van der Waals surface area contributed by atoms with Gasteiger partial charge in [0.1, 0.15) is 0 Å². The summed E-state index contributed by atoms with van der Waals surface area (Å²) in [5.41, 5.74) is 2.86. The molecule has 1 aromatic carbocycles. The average Bonchev–Trinajstić information content (AvgIpc) is 2.75. The van der Waals surface area contributed by atoms with Gasteiger partial charge in [-0.15, -0.1) is 0 Å². The van der Waals surface area contributed by atoms with E-state index < -0.39 is 0 Å². The Hall–Kier alpha value is -2.02. The van der Waals surface area contributed by atoms with Crippen LogP contribution in [0.1, 0.15) is 24.5 Å².